The van der Waals surface area contributed by atoms with Crippen molar-refractivity contribution in [2.45, 2.75) is 139 Å². The van der Waals surface area contributed by atoms with Crippen LogP contribution in [0, 0.1) is 17.3 Å². The number of methoxy groups -OCH3 is 3. The van der Waals surface area contributed by atoms with Gasteiger partial charge in [-0.2, -0.15) is 0 Å². The highest BCUT2D eigenvalue weighted by Crippen LogP contribution is 2.68. The van der Waals surface area contributed by atoms with Crippen molar-refractivity contribution in [2.75, 3.05) is 79.1 Å². The van der Waals surface area contributed by atoms with Gasteiger partial charge in [0, 0.05) is 90.2 Å². The van der Waals surface area contributed by atoms with E-state index < -0.39 is 70.0 Å². The van der Waals surface area contributed by atoms with Gasteiger partial charge in [-0.05, 0) is 85.4 Å². The van der Waals surface area contributed by atoms with Gasteiger partial charge >= 0.3 is 23.9 Å². The van der Waals surface area contributed by atoms with E-state index in [0.717, 1.165) is 33.2 Å². The second kappa shape index (κ2) is 23.6. The number of carbonyl (C=O) groups is 6. The molecule has 6 aliphatic heterocycles. The molecule has 4 aromatic rings. The first-order valence-corrected chi connectivity index (χ1v) is 30.2. The molecular formula is C66H83BrN6O12. The van der Waals surface area contributed by atoms with E-state index in [-0.39, 0.29) is 66.2 Å². The van der Waals surface area contributed by atoms with Crippen LogP contribution in [0.15, 0.2) is 90.5 Å². The highest BCUT2D eigenvalue weighted by Gasteiger charge is 2.80. The zero-order valence-electron chi connectivity index (χ0n) is 50.5. The Labute approximate surface area is 508 Å². The number of esters is 4. The van der Waals surface area contributed by atoms with Gasteiger partial charge in [0.1, 0.15) is 36.4 Å². The lowest BCUT2D eigenvalue weighted by Gasteiger charge is -2.63. The first-order chi connectivity index (χ1) is 40.3. The Hall–Kier alpha value is -6.54. The predicted molar refractivity (Wildman–Crippen MR) is 315 cm³/mol. The SMILES string of the molecule is CCC1=C[C@@H]2C[C@](C(=O)OC)(c3cc4c(cc3OC)N(C)[C@H]3[C@@](O)(C(=O)OC)[C@H](OC(C)=O)[C@]5(CC)C=CCN6CC[C@]43[C@@H]65)c3[nH]c4ccccc4c3CC[N+](CC(=O)N3CCC[C@H]3C(=O)N[C@H](C(=O)OCc3ccccc3)[C@@H](C)CC)(C1)C2.[Br-]. The fourth-order valence-electron chi connectivity index (χ4n) is 17.1. The lowest BCUT2D eigenvalue weighted by Crippen LogP contribution is -3.00. The first-order valence-electron chi connectivity index (χ1n) is 30.2. The standard InChI is InChI=1S/C66H82N6O12.BrH/c1-10-40(4)54(57(76)83-39-43-20-14-13-15-21-43)68-56(75)50-24-18-29-71(50)53(74)38-72-31-25-46-45-22-16-17-23-49(45)67-55(46)65(61(77)81-8,35-44(37-72)32-42(11-2)36-72)48-33-47-51(34-52(48)80-7)69(6)59-64(47)27-30-70-28-19-26-63(12-3,58(64)70)60(84-41(5)73)66(59,79)62(78)82-9;/h13-17,19-23,26,32-34,40,44,50,54,58-60,67,79H,10-12,18,24-25,27-31,35-39H2,1-9H3;1H/t40-,44+,50-,54-,58-,59+,60+,63+,64+,65-,66-,72?;/m0./s1. The van der Waals surface area contributed by atoms with Gasteiger partial charge in [-0.3, -0.25) is 24.1 Å². The maximum absolute atomic E-state index is 16.0. The third-order valence-corrected chi connectivity index (χ3v) is 20.8. The summed E-state index contributed by atoms with van der Waals surface area (Å²) in [5, 5.41) is 17.6. The number of carbonyl (C=O) groups excluding carboxylic acids is 6. The van der Waals surface area contributed by atoms with Crippen molar-refractivity contribution in [3.8, 4) is 5.75 Å². The minimum atomic E-state index is -2.37. The van der Waals surface area contributed by atoms with E-state index in [0.29, 0.717) is 111 Å². The number of H-pyrrole nitrogens is 1. The number of aliphatic hydroxyl groups is 1. The molecule has 12 atom stereocenters. The maximum Gasteiger partial charge on any atom is 0.344 e. The molecule has 85 heavy (non-hydrogen) atoms. The molecule has 7 heterocycles. The molecule has 456 valence electrons. The van der Waals surface area contributed by atoms with Gasteiger partial charge in [-0.25, -0.2) is 9.59 Å². The summed E-state index contributed by atoms with van der Waals surface area (Å²) in [7, 11) is 6.10. The molecule has 3 fully saturated rings. The molecule has 0 radical (unpaired) electrons. The predicted octanol–water partition coefficient (Wildman–Crippen LogP) is 3.58. The molecule has 2 bridgehead atoms. The highest BCUT2D eigenvalue weighted by molar-refractivity contribution is 5.95. The third-order valence-electron chi connectivity index (χ3n) is 20.8. The molecule has 1 saturated carbocycles. The third kappa shape index (κ3) is 9.68. The molecule has 18 nitrogen and oxygen atoms in total. The van der Waals surface area contributed by atoms with Crippen molar-refractivity contribution in [3.05, 3.63) is 118 Å². The number of likely N-dealkylation sites (tertiary alicyclic amines) is 1. The van der Waals surface area contributed by atoms with Crippen LogP contribution in [0.3, 0.4) is 0 Å². The van der Waals surface area contributed by atoms with E-state index in [9.17, 15) is 24.3 Å². The molecule has 2 saturated heterocycles. The topological polar surface area (TPSA) is 206 Å². The normalized spacial score (nSPS) is 30.6. The summed E-state index contributed by atoms with van der Waals surface area (Å²) in [6.07, 6.45) is 9.07. The van der Waals surface area contributed by atoms with Crippen LogP contribution in [0.2, 0.25) is 0 Å². The number of benzene rings is 3. The number of halogens is 1. The number of fused-ring (bicyclic) bond motifs is 6. The Kier molecular flexibility index (Phi) is 17.1. The minimum absolute atomic E-state index is 0. The number of hydrogen-bond donors (Lipinski definition) is 3. The monoisotopic (exact) mass is 1230 g/mol. The van der Waals surface area contributed by atoms with Gasteiger partial charge in [0.2, 0.25) is 11.5 Å². The molecule has 3 aromatic carbocycles. The molecule has 11 rings (SSSR count). The average molecular weight is 1230 g/mol. The lowest BCUT2D eigenvalue weighted by atomic mass is 9.47. The van der Waals surface area contributed by atoms with E-state index in [4.69, 9.17) is 23.7 Å². The quantitative estimate of drug-likeness (QED) is 0.0636. The van der Waals surface area contributed by atoms with Crippen molar-refractivity contribution in [1.82, 2.24) is 20.1 Å². The number of aromatic nitrogens is 1. The zero-order valence-corrected chi connectivity index (χ0v) is 52.1. The summed E-state index contributed by atoms with van der Waals surface area (Å²) in [5.41, 5.74) is 0.456. The second-order valence-electron chi connectivity index (χ2n) is 25.0. The Morgan fingerprint density at radius 3 is 2.36 bits per heavy atom. The van der Waals surface area contributed by atoms with Crippen molar-refractivity contribution in [3.63, 3.8) is 0 Å². The van der Waals surface area contributed by atoms with Crippen LogP contribution in [-0.2, 0) is 71.6 Å². The number of nitrogens with one attached hydrogen (secondary N) is 2. The van der Waals surface area contributed by atoms with E-state index in [2.05, 4.69) is 40.3 Å². The van der Waals surface area contributed by atoms with Crippen LogP contribution >= 0.6 is 0 Å². The number of aromatic amines is 1. The molecule has 1 aromatic heterocycles. The Morgan fingerprint density at radius 2 is 1.67 bits per heavy atom. The number of ether oxygens (including phenoxy) is 5. The molecular weight excluding hydrogens is 1150 g/mol. The summed E-state index contributed by atoms with van der Waals surface area (Å²) in [6, 6.07) is 18.4. The van der Waals surface area contributed by atoms with Crippen LogP contribution in [0.4, 0.5) is 5.69 Å². The number of likely N-dealkylation sites (N-methyl/N-ethyl adjacent to an activating group) is 1. The Bertz CT molecular complexity index is 3330. The van der Waals surface area contributed by atoms with Gasteiger partial charge in [-0.15, -0.1) is 0 Å². The molecule has 1 spiro atoms. The van der Waals surface area contributed by atoms with Crippen LogP contribution in [0.1, 0.15) is 108 Å². The molecule has 7 aliphatic rings. The van der Waals surface area contributed by atoms with Crippen LogP contribution in [-0.4, -0.2) is 170 Å². The van der Waals surface area contributed by atoms with Crippen molar-refractivity contribution >= 4 is 52.3 Å². The summed E-state index contributed by atoms with van der Waals surface area (Å²) < 4.78 is 30.6. The second-order valence-corrected chi connectivity index (χ2v) is 25.0. The number of rotatable bonds is 16. The fraction of sp³-hybridized carbons (Fsp3) is 0.545. The molecule has 19 heteroatoms. The number of nitrogens with zero attached hydrogens (tertiary/aromatic N) is 4. The summed E-state index contributed by atoms with van der Waals surface area (Å²) in [6.45, 7) is 12.7. The molecule has 2 amide bonds. The molecule has 1 unspecified atom stereocenters. The lowest BCUT2D eigenvalue weighted by molar-refractivity contribution is -0.921. The number of para-hydroxylation sites is 1. The van der Waals surface area contributed by atoms with Crippen LogP contribution in [0.5, 0.6) is 5.75 Å². The minimum Gasteiger partial charge on any atom is -1.00 e. The maximum atomic E-state index is 16.0. The Balaban J connectivity index is 0.00000803. The van der Waals surface area contributed by atoms with E-state index >= 15 is 9.59 Å². The summed E-state index contributed by atoms with van der Waals surface area (Å²) in [5.74, 6) is -3.21. The van der Waals surface area contributed by atoms with Gasteiger partial charge in [-0.1, -0.05) is 101 Å². The highest BCUT2D eigenvalue weighted by atomic mass is 79.9. The van der Waals surface area contributed by atoms with Crippen molar-refractivity contribution in [1.29, 1.82) is 0 Å². The summed E-state index contributed by atoms with van der Waals surface area (Å²) >= 11 is 0. The average Bonchev–Trinajstić information content (AvgIpc) is 1.53. The molecule has 3 N–H and O–H groups in total. The molecule has 1 aliphatic carbocycles. The number of hydrogen-bond acceptors (Lipinski definition) is 14. The van der Waals surface area contributed by atoms with Gasteiger partial charge in [0.15, 0.2) is 12.6 Å². The first kappa shape index (κ1) is 61.5. The van der Waals surface area contributed by atoms with Gasteiger partial charge in [0.25, 0.3) is 5.91 Å². The fourth-order valence-corrected chi connectivity index (χ4v) is 17.1. The van der Waals surface area contributed by atoms with Crippen molar-refractivity contribution in [2.24, 2.45) is 17.3 Å². The van der Waals surface area contributed by atoms with Gasteiger partial charge < -0.3 is 70.4 Å². The number of amides is 2. The Morgan fingerprint density at radius 1 is 0.929 bits per heavy atom. The van der Waals surface area contributed by atoms with Crippen molar-refractivity contribution < 1.29 is 79.0 Å². The van der Waals surface area contributed by atoms with Crippen LogP contribution in [0.25, 0.3) is 10.9 Å². The zero-order chi connectivity index (χ0) is 59.7. The van der Waals surface area contributed by atoms with E-state index in [1.807, 2.05) is 99.5 Å². The summed E-state index contributed by atoms with van der Waals surface area (Å²) in [4.78, 5) is 97.3. The van der Waals surface area contributed by atoms with Gasteiger partial charge in [0.05, 0.1) is 40.5 Å². The number of anilines is 1. The largest absolute Gasteiger partial charge is 1.00 e. The number of quaternary nitrogens is 1. The van der Waals surface area contributed by atoms with Crippen LogP contribution < -0.4 is 31.9 Å². The van der Waals surface area contributed by atoms with E-state index in [1.165, 1.54) is 21.1 Å². The smallest absolute Gasteiger partial charge is 0.344 e. The van der Waals surface area contributed by atoms with E-state index in [1.54, 1.807) is 12.0 Å².